The van der Waals surface area contributed by atoms with Gasteiger partial charge in [-0.2, -0.15) is 0 Å². The number of rotatable bonds is 5. The van der Waals surface area contributed by atoms with Gasteiger partial charge in [-0.15, -0.1) is 0 Å². The first-order valence-corrected chi connectivity index (χ1v) is 7.89. The maximum Gasteiger partial charge on any atom is 0.307 e. The minimum absolute atomic E-state index is 0.0185. The zero-order valence-corrected chi connectivity index (χ0v) is 13.7. The number of nitrogens with zero attached hydrogens (tertiary/aromatic N) is 2. The van der Waals surface area contributed by atoms with Gasteiger partial charge in [0.25, 0.3) is 0 Å². The van der Waals surface area contributed by atoms with Gasteiger partial charge >= 0.3 is 5.97 Å². The molecule has 0 aliphatic carbocycles. The van der Waals surface area contributed by atoms with E-state index in [1.54, 1.807) is 12.1 Å². The molecule has 118 valence electrons. The third kappa shape index (κ3) is 3.84. The molecule has 0 bridgehead atoms. The van der Waals surface area contributed by atoms with E-state index < -0.39 is 0 Å². The summed E-state index contributed by atoms with van der Waals surface area (Å²) < 4.78 is 7.25. The van der Waals surface area contributed by atoms with Crippen LogP contribution in [-0.2, 0) is 22.7 Å². The molecule has 0 N–H and O–H groups in total. The molecule has 23 heavy (non-hydrogen) atoms. The summed E-state index contributed by atoms with van der Waals surface area (Å²) in [6.45, 7) is 0.577. The van der Waals surface area contributed by atoms with E-state index in [2.05, 4.69) is 4.98 Å². The molecular formula is C17H14Cl2N2O2. The van der Waals surface area contributed by atoms with Crippen LogP contribution < -0.4 is 0 Å². The molecule has 0 aliphatic rings. The number of aryl methyl sites for hydroxylation is 1. The number of benzene rings is 1. The topological polar surface area (TPSA) is 44.1 Å². The number of pyridine rings is 1. The van der Waals surface area contributed by atoms with Gasteiger partial charge in [0.05, 0.1) is 17.1 Å². The van der Waals surface area contributed by atoms with Gasteiger partial charge in [0.2, 0.25) is 0 Å². The molecule has 3 aromatic rings. The van der Waals surface area contributed by atoms with E-state index in [0.717, 1.165) is 10.9 Å². The van der Waals surface area contributed by atoms with Crippen LogP contribution in [0.2, 0.25) is 10.2 Å². The highest BCUT2D eigenvalue weighted by Gasteiger charge is 2.09. The molecule has 0 fully saturated rings. The predicted molar refractivity (Wildman–Crippen MR) is 90.6 cm³/mol. The highest BCUT2D eigenvalue weighted by Crippen LogP contribution is 2.18. The third-order valence-electron chi connectivity index (χ3n) is 3.49. The highest BCUT2D eigenvalue weighted by atomic mass is 35.5. The highest BCUT2D eigenvalue weighted by molar-refractivity contribution is 6.32. The largest absolute Gasteiger partial charge is 0.459 e. The molecule has 2 heterocycles. The van der Waals surface area contributed by atoms with E-state index in [-0.39, 0.29) is 19.0 Å². The van der Waals surface area contributed by atoms with Gasteiger partial charge in [0, 0.05) is 18.3 Å². The first-order chi connectivity index (χ1) is 11.1. The van der Waals surface area contributed by atoms with Crippen molar-refractivity contribution in [2.45, 2.75) is 19.6 Å². The maximum absolute atomic E-state index is 11.9. The summed E-state index contributed by atoms with van der Waals surface area (Å²) in [4.78, 5) is 16.0. The van der Waals surface area contributed by atoms with Crippen LogP contribution >= 0.6 is 23.2 Å². The molecule has 0 radical (unpaired) electrons. The molecule has 4 nitrogen and oxygen atoms in total. The summed E-state index contributed by atoms with van der Waals surface area (Å²) in [5.41, 5.74) is 1.55. The van der Waals surface area contributed by atoms with Crippen molar-refractivity contribution in [3.05, 3.63) is 64.5 Å². The van der Waals surface area contributed by atoms with Crippen molar-refractivity contribution >= 4 is 40.1 Å². The molecule has 3 rings (SSSR count). The van der Waals surface area contributed by atoms with Gasteiger partial charge in [-0.05, 0) is 29.7 Å². The van der Waals surface area contributed by atoms with Crippen molar-refractivity contribution in [2.75, 3.05) is 0 Å². The Bertz CT molecular complexity index is 845. The van der Waals surface area contributed by atoms with E-state index in [1.165, 1.54) is 0 Å². The Morgan fingerprint density at radius 1 is 1.13 bits per heavy atom. The Labute approximate surface area is 143 Å². The standard InChI is InChI=1S/C17H14Cl2N2O2/c18-13-5-6-16(19)20-14(13)11-23-17(22)8-10-21-9-7-12-3-1-2-4-15(12)21/h1-7,9H,8,10-11H2. The Morgan fingerprint density at radius 2 is 1.96 bits per heavy atom. The van der Waals surface area contributed by atoms with Crippen LogP contribution in [-0.4, -0.2) is 15.5 Å². The summed E-state index contributed by atoms with van der Waals surface area (Å²) in [6.07, 6.45) is 2.24. The summed E-state index contributed by atoms with van der Waals surface area (Å²) in [7, 11) is 0. The van der Waals surface area contributed by atoms with E-state index >= 15 is 0 Å². The molecule has 6 heteroatoms. The first kappa shape index (κ1) is 15.8. The summed E-state index contributed by atoms with van der Waals surface area (Å²) in [5.74, 6) is -0.305. The van der Waals surface area contributed by atoms with Gasteiger partial charge in [-0.25, -0.2) is 4.98 Å². The van der Waals surface area contributed by atoms with Crippen LogP contribution in [0.5, 0.6) is 0 Å². The van der Waals surface area contributed by atoms with Gasteiger partial charge < -0.3 is 9.30 Å². The Morgan fingerprint density at radius 3 is 2.83 bits per heavy atom. The van der Waals surface area contributed by atoms with Gasteiger partial charge in [0.15, 0.2) is 0 Å². The average Bonchev–Trinajstić information content (AvgIpc) is 2.97. The number of ether oxygens (including phenoxy) is 1. The van der Waals surface area contributed by atoms with Crippen molar-refractivity contribution in [1.82, 2.24) is 9.55 Å². The lowest BCUT2D eigenvalue weighted by molar-refractivity contribution is -0.145. The number of hydrogen-bond acceptors (Lipinski definition) is 3. The monoisotopic (exact) mass is 348 g/mol. The van der Waals surface area contributed by atoms with Crippen LogP contribution in [0, 0.1) is 0 Å². The van der Waals surface area contributed by atoms with E-state index in [1.807, 2.05) is 41.1 Å². The number of aromatic nitrogens is 2. The molecule has 0 aliphatic heterocycles. The van der Waals surface area contributed by atoms with Crippen LogP contribution in [0.1, 0.15) is 12.1 Å². The number of para-hydroxylation sites is 1. The van der Waals surface area contributed by atoms with Crippen LogP contribution in [0.4, 0.5) is 0 Å². The smallest absolute Gasteiger partial charge is 0.307 e. The zero-order chi connectivity index (χ0) is 16.2. The van der Waals surface area contributed by atoms with E-state index in [9.17, 15) is 4.79 Å². The normalized spacial score (nSPS) is 10.9. The quantitative estimate of drug-likeness (QED) is 0.504. The number of esters is 1. The van der Waals surface area contributed by atoms with Crippen molar-refractivity contribution in [1.29, 1.82) is 0 Å². The molecule has 0 amide bonds. The molecule has 0 atom stereocenters. The number of hydrogen-bond donors (Lipinski definition) is 0. The van der Waals surface area contributed by atoms with Crippen LogP contribution in [0.15, 0.2) is 48.7 Å². The van der Waals surface area contributed by atoms with Crippen molar-refractivity contribution in [3.63, 3.8) is 0 Å². The molecule has 0 saturated heterocycles. The fraction of sp³-hybridized carbons (Fsp3) is 0.176. The average molecular weight is 349 g/mol. The second-order valence-electron chi connectivity index (χ2n) is 5.04. The number of carbonyl (C=O) groups excluding carboxylic acids is 1. The van der Waals surface area contributed by atoms with Crippen molar-refractivity contribution in [2.24, 2.45) is 0 Å². The predicted octanol–water partition coefficient (Wildman–Crippen LogP) is 4.48. The molecule has 0 saturated carbocycles. The summed E-state index contributed by atoms with van der Waals surface area (Å²) in [6, 6.07) is 13.3. The van der Waals surface area contributed by atoms with Gasteiger partial charge in [-0.3, -0.25) is 4.79 Å². The molecule has 1 aromatic carbocycles. The zero-order valence-electron chi connectivity index (χ0n) is 12.2. The second-order valence-corrected chi connectivity index (χ2v) is 5.84. The Hall–Kier alpha value is -2.04. The molecular weight excluding hydrogens is 335 g/mol. The lowest BCUT2D eigenvalue weighted by Gasteiger charge is -2.08. The lowest BCUT2D eigenvalue weighted by Crippen LogP contribution is -2.09. The third-order valence-corrected chi connectivity index (χ3v) is 4.05. The van der Waals surface area contributed by atoms with Gasteiger partial charge in [0.1, 0.15) is 11.8 Å². The number of halogens is 2. The fourth-order valence-corrected chi connectivity index (χ4v) is 2.65. The first-order valence-electron chi connectivity index (χ1n) is 7.14. The minimum Gasteiger partial charge on any atom is -0.459 e. The lowest BCUT2D eigenvalue weighted by atomic mass is 10.2. The molecule has 0 unspecified atom stereocenters. The second kappa shape index (κ2) is 7.02. The van der Waals surface area contributed by atoms with E-state index in [4.69, 9.17) is 27.9 Å². The number of carbonyl (C=O) groups is 1. The van der Waals surface area contributed by atoms with Gasteiger partial charge in [-0.1, -0.05) is 41.4 Å². The Kier molecular flexibility index (Phi) is 4.84. The fourth-order valence-electron chi connectivity index (χ4n) is 2.33. The minimum atomic E-state index is -0.305. The van der Waals surface area contributed by atoms with Crippen molar-refractivity contribution in [3.8, 4) is 0 Å². The summed E-state index contributed by atoms with van der Waals surface area (Å²) in [5, 5.41) is 1.90. The maximum atomic E-state index is 11.9. The summed E-state index contributed by atoms with van der Waals surface area (Å²) >= 11 is 11.8. The van der Waals surface area contributed by atoms with Crippen molar-refractivity contribution < 1.29 is 9.53 Å². The Balaban J connectivity index is 1.56. The molecule has 0 spiro atoms. The molecule has 2 aromatic heterocycles. The number of fused-ring (bicyclic) bond motifs is 1. The SMILES string of the molecule is O=C(CCn1ccc2ccccc21)OCc1nc(Cl)ccc1Cl. The van der Waals surface area contributed by atoms with E-state index in [0.29, 0.717) is 22.4 Å². The van der Waals surface area contributed by atoms with Crippen LogP contribution in [0.25, 0.3) is 10.9 Å². The van der Waals surface area contributed by atoms with Crippen LogP contribution in [0.3, 0.4) is 0 Å².